The summed E-state index contributed by atoms with van der Waals surface area (Å²) in [5.41, 5.74) is -0.597. The SMILES string of the molecule is CCCNC(C)(CN1CCN(CC)CC1)C(=O)OCC. The van der Waals surface area contributed by atoms with E-state index in [1.165, 1.54) is 0 Å². The van der Waals surface area contributed by atoms with Crippen LogP contribution in [0, 0.1) is 0 Å². The fourth-order valence-corrected chi connectivity index (χ4v) is 2.59. The summed E-state index contributed by atoms with van der Waals surface area (Å²) in [5.74, 6) is -0.133. The zero-order chi connectivity index (χ0) is 15.0. The van der Waals surface area contributed by atoms with Crippen molar-refractivity contribution in [3.8, 4) is 0 Å². The summed E-state index contributed by atoms with van der Waals surface area (Å²) in [6.45, 7) is 15.5. The van der Waals surface area contributed by atoms with Gasteiger partial charge >= 0.3 is 5.97 Å². The molecule has 0 spiro atoms. The number of rotatable bonds is 8. The molecule has 0 aromatic rings. The van der Waals surface area contributed by atoms with E-state index in [-0.39, 0.29) is 5.97 Å². The summed E-state index contributed by atoms with van der Waals surface area (Å²) in [7, 11) is 0. The van der Waals surface area contributed by atoms with Crippen molar-refractivity contribution in [2.24, 2.45) is 0 Å². The second-order valence-corrected chi connectivity index (χ2v) is 5.69. The van der Waals surface area contributed by atoms with Crippen molar-refractivity contribution in [2.75, 3.05) is 52.4 Å². The van der Waals surface area contributed by atoms with Crippen molar-refractivity contribution < 1.29 is 9.53 Å². The molecule has 1 aliphatic heterocycles. The van der Waals surface area contributed by atoms with Crippen LogP contribution in [-0.2, 0) is 9.53 Å². The molecule has 0 amide bonds. The Kier molecular flexibility index (Phi) is 7.48. The average molecular weight is 285 g/mol. The number of piperazine rings is 1. The Morgan fingerprint density at radius 2 is 1.75 bits per heavy atom. The van der Waals surface area contributed by atoms with Gasteiger partial charge in [-0.3, -0.25) is 9.69 Å². The fraction of sp³-hybridized carbons (Fsp3) is 0.933. The number of ether oxygens (including phenoxy) is 1. The number of hydrogen-bond donors (Lipinski definition) is 1. The summed E-state index contributed by atoms with van der Waals surface area (Å²) in [6.07, 6.45) is 1.01. The maximum Gasteiger partial charge on any atom is 0.327 e. The molecule has 20 heavy (non-hydrogen) atoms. The van der Waals surface area contributed by atoms with E-state index in [0.29, 0.717) is 6.61 Å². The molecule has 0 aliphatic carbocycles. The van der Waals surface area contributed by atoms with E-state index in [1.54, 1.807) is 0 Å². The first-order valence-corrected chi connectivity index (χ1v) is 7.92. The van der Waals surface area contributed by atoms with Gasteiger partial charge in [-0.25, -0.2) is 0 Å². The molecule has 118 valence electrons. The maximum atomic E-state index is 12.2. The number of carbonyl (C=O) groups is 1. The Labute approximate surface area is 123 Å². The maximum absolute atomic E-state index is 12.2. The summed E-state index contributed by atoms with van der Waals surface area (Å²) in [6, 6.07) is 0. The lowest BCUT2D eigenvalue weighted by Gasteiger charge is -2.39. The van der Waals surface area contributed by atoms with Crippen molar-refractivity contribution in [3.63, 3.8) is 0 Å². The summed E-state index contributed by atoms with van der Waals surface area (Å²) in [4.78, 5) is 17.1. The molecule has 5 nitrogen and oxygen atoms in total. The van der Waals surface area contributed by atoms with Gasteiger partial charge in [0.2, 0.25) is 0 Å². The van der Waals surface area contributed by atoms with Crippen LogP contribution < -0.4 is 5.32 Å². The van der Waals surface area contributed by atoms with E-state index in [0.717, 1.165) is 52.2 Å². The minimum Gasteiger partial charge on any atom is -0.465 e. The molecule has 0 bridgehead atoms. The molecular weight excluding hydrogens is 254 g/mol. The van der Waals surface area contributed by atoms with Crippen LogP contribution in [0.25, 0.3) is 0 Å². The fourth-order valence-electron chi connectivity index (χ4n) is 2.59. The molecule has 1 saturated heterocycles. The van der Waals surface area contributed by atoms with Crippen molar-refractivity contribution in [1.82, 2.24) is 15.1 Å². The first-order valence-electron chi connectivity index (χ1n) is 7.92. The Balaban J connectivity index is 2.58. The standard InChI is InChI=1S/C15H31N3O2/c1-5-8-16-15(4,14(19)20-7-3)13-18-11-9-17(6-2)10-12-18/h16H,5-13H2,1-4H3. The van der Waals surface area contributed by atoms with Gasteiger partial charge < -0.3 is 15.0 Å². The average Bonchev–Trinajstić information content (AvgIpc) is 2.46. The topological polar surface area (TPSA) is 44.8 Å². The van der Waals surface area contributed by atoms with E-state index < -0.39 is 5.54 Å². The van der Waals surface area contributed by atoms with Crippen molar-refractivity contribution in [2.45, 2.75) is 39.7 Å². The van der Waals surface area contributed by atoms with Gasteiger partial charge in [0.1, 0.15) is 5.54 Å². The number of likely N-dealkylation sites (N-methyl/N-ethyl adjacent to an activating group) is 1. The summed E-state index contributed by atoms with van der Waals surface area (Å²) in [5, 5.41) is 3.37. The number of hydrogen-bond acceptors (Lipinski definition) is 5. The number of nitrogens with zero attached hydrogens (tertiary/aromatic N) is 2. The molecule has 1 unspecified atom stereocenters. The van der Waals surface area contributed by atoms with E-state index in [2.05, 4.69) is 29.0 Å². The van der Waals surface area contributed by atoms with Crippen LogP contribution in [0.15, 0.2) is 0 Å². The molecule has 0 aromatic heterocycles. The molecule has 0 saturated carbocycles. The lowest BCUT2D eigenvalue weighted by Crippen LogP contribution is -2.60. The van der Waals surface area contributed by atoms with Crippen LogP contribution in [0.2, 0.25) is 0 Å². The van der Waals surface area contributed by atoms with Crippen molar-refractivity contribution in [1.29, 1.82) is 0 Å². The minimum absolute atomic E-state index is 0.133. The molecule has 1 aliphatic rings. The monoisotopic (exact) mass is 285 g/mol. The van der Waals surface area contributed by atoms with Gasteiger partial charge in [0, 0.05) is 32.7 Å². The highest BCUT2D eigenvalue weighted by Gasteiger charge is 2.36. The number of nitrogens with one attached hydrogen (secondary N) is 1. The van der Waals surface area contributed by atoms with Crippen LogP contribution in [0.3, 0.4) is 0 Å². The first kappa shape index (κ1) is 17.4. The minimum atomic E-state index is -0.597. The van der Waals surface area contributed by atoms with Gasteiger partial charge in [-0.1, -0.05) is 13.8 Å². The van der Waals surface area contributed by atoms with E-state index in [1.807, 2.05) is 13.8 Å². The molecule has 1 rings (SSSR count). The Morgan fingerprint density at radius 1 is 1.15 bits per heavy atom. The zero-order valence-corrected chi connectivity index (χ0v) is 13.6. The first-order chi connectivity index (χ1) is 9.55. The third-order valence-electron chi connectivity index (χ3n) is 3.94. The number of esters is 1. The van der Waals surface area contributed by atoms with Crippen LogP contribution in [0.1, 0.15) is 34.1 Å². The van der Waals surface area contributed by atoms with E-state index in [4.69, 9.17) is 4.74 Å². The molecule has 0 radical (unpaired) electrons. The normalized spacial score (nSPS) is 20.6. The Hall–Kier alpha value is -0.650. The van der Waals surface area contributed by atoms with Crippen LogP contribution >= 0.6 is 0 Å². The number of carbonyl (C=O) groups excluding carboxylic acids is 1. The van der Waals surface area contributed by atoms with Crippen molar-refractivity contribution >= 4 is 5.97 Å². The predicted molar refractivity (Wildman–Crippen MR) is 81.9 cm³/mol. The third-order valence-corrected chi connectivity index (χ3v) is 3.94. The smallest absolute Gasteiger partial charge is 0.327 e. The van der Waals surface area contributed by atoms with Gasteiger partial charge in [-0.2, -0.15) is 0 Å². The second kappa shape index (κ2) is 8.60. The van der Waals surface area contributed by atoms with Crippen LogP contribution in [-0.4, -0.2) is 73.7 Å². The molecule has 5 heteroatoms. The highest BCUT2D eigenvalue weighted by molar-refractivity contribution is 5.80. The lowest BCUT2D eigenvalue weighted by molar-refractivity contribution is -0.151. The van der Waals surface area contributed by atoms with Crippen LogP contribution in [0.5, 0.6) is 0 Å². The molecule has 1 heterocycles. The van der Waals surface area contributed by atoms with Gasteiger partial charge in [0.15, 0.2) is 0 Å². The van der Waals surface area contributed by atoms with E-state index in [9.17, 15) is 4.79 Å². The highest BCUT2D eigenvalue weighted by Crippen LogP contribution is 2.12. The molecular formula is C15H31N3O2. The highest BCUT2D eigenvalue weighted by atomic mass is 16.5. The van der Waals surface area contributed by atoms with Crippen LogP contribution in [0.4, 0.5) is 0 Å². The van der Waals surface area contributed by atoms with E-state index >= 15 is 0 Å². The third kappa shape index (κ3) is 5.04. The van der Waals surface area contributed by atoms with Gasteiger partial charge in [0.25, 0.3) is 0 Å². The van der Waals surface area contributed by atoms with Gasteiger partial charge in [-0.05, 0) is 33.4 Å². The molecule has 1 fully saturated rings. The molecule has 1 atom stereocenters. The summed E-state index contributed by atoms with van der Waals surface area (Å²) >= 11 is 0. The second-order valence-electron chi connectivity index (χ2n) is 5.69. The Bertz CT molecular complexity index is 291. The lowest BCUT2D eigenvalue weighted by atomic mass is 10.0. The largest absolute Gasteiger partial charge is 0.465 e. The molecule has 0 aromatic carbocycles. The predicted octanol–water partition coefficient (Wildman–Crippen LogP) is 0.945. The Morgan fingerprint density at radius 3 is 2.25 bits per heavy atom. The molecule has 1 N–H and O–H groups in total. The zero-order valence-electron chi connectivity index (χ0n) is 13.6. The summed E-state index contributed by atoms with van der Waals surface area (Å²) < 4.78 is 5.25. The quantitative estimate of drug-likeness (QED) is 0.673. The van der Waals surface area contributed by atoms with Gasteiger partial charge in [-0.15, -0.1) is 0 Å². The van der Waals surface area contributed by atoms with Crippen molar-refractivity contribution in [3.05, 3.63) is 0 Å². The van der Waals surface area contributed by atoms with Gasteiger partial charge in [0.05, 0.1) is 6.61 Å².